The fraction of sp³-hybridized carbons (Fsp3) is 0.720. The zero-order chi connectivity index (χ0) is 25.0. The third kappa shape index (κ3) is 7.46. The summed E-state index contributed by atoms with van der Waals surface area (Å²) in [5, 5.41) is 4.00. The Kier molecular flexibility index (Phi) is 8.42. The molecule has 35 heavy (non-hydrogen) atoms. The minimum absolute atomic E-state index is 0.0140. The monoisotopic (exact) mass is 509 g/mol. The Morgan fingerprint density at radius 2 is 2.06 bits per heavy atom. The minimum atomic E-state index is -2.49. The number of nitrogens with zero attached hydrogens (tertiary/aromatic N) is 3. The molecule has 1 amide bonds. The lowest BCUT2D eigenvalue weighted by Gasteiger charge is -2.33. The second kappa shape index (κ2) is 11.3. The topological polar surface area (TPSA) is 92.8 Å². The van der Waals surface area contributed by atoms with Gasteiger partial charge in [0.25, 0.3) is 5.91 Å². The van der Waals surface area contributed by atoms with Crippen molar-refractivity contribution in [2.75, 3.05) is 19.7 Å². The molecule has 194 valence electrons. The average molecular weight is 510 g/mol. The number of hydrogen-bond donors (Lipinski definition) is 2. The number of fused-ring (bicyclic) bond motifs is 1. The number of rotatable bonds is 9. The van der Waals surface area contributed by atoms with Gasteiger partial charge in [-0.25, -0.2) is 18.8 Å². The van der Waals surface area contributed by atoms with Crippen LogP contribution in [0.4, 0.5) is 8.78 Å². The van der Waals surface area contributed by atoms with E-state index in [0.717, 1.165) is 68.9 Å². The summed E-state index contributed by atoms with van der Waals surface area (Å²) < 4.78 is 31.9. The van der Waals surface area contributed by atoms with Crippen LogP contribution in [0.2, 0.25) is 0 Å². The van der Waals surface area contributed by atoms with Gasteiger partial charge in [-0.2, -0.15) is 0 Å². The highest BCUT2D eigenvalue weighted by Gasteiger charge is 2.47. The Bertz CT molecular complexity index is 944. The Hall–Kier alpha value is -2.07. The maximum atomic E-state index is 13.2. The van der Waals surface area contributed by atoms with Crippen LogP contribution in [-0.4, -0.2) is 53.3 Å². The lowest BCUT2D eigenvalue weighted by Crippen LogP contribution is -2.40. The van der Waals surface area contributed by atoms with Crippen molar-refractivity contribution in [2.24, 2.45) is 16.6 Å². The Labute approximate surface area is 210 Å². The zero-order valence-corrected chi connectivity index (χ0v) is 21.5. The average Bonchev–Trinajstić information content (AvgIpc) is 3.22. The molecule has 2 heterocycles. The van der Waals surface area contributed by atoms with Gasteiger partial charge in [0, 0.05) is 42.8 Å². The molecule has 3 N–H and O–H groups in total. The quantitative estimate of drug-likeness (QED) is 0.294. The molecule has 1 aromatic rings. The number of halogens is 2. The van der Waals surface area contributed by atoms with Crippen molar-refractivity contribution in [2.45, 2.75) is 89.6 Å². The number of carbonyl (C=O) groups excluding carboxylic acids is 1. The van der Waals surface area contributed by atoms with E-state index in [9.17, 15) is 13.6 Å². The number of alkyl halides is 2. The summed E-state index contributed by atoms with van der Waals surface area (Å²) in [6.07, 6.45) is 7.77. The van der Waals surface area contributed by atoms with Gasteiger partial charge in [-0.3, -0.25) is 9.69 Å². The van der Waals surface area contributed by atoms with Crippen molar-refractivity contribution in [3.63, 3.8) is 0 Å². The number of nitrogens with two attached hydrogens (primary N) is 1. The van der Waals surface area contributed by atoms with Gasteiger partial charge in [-0.1, -0.05) is 0 Å². The number of ether oxygens (including phenoxy) is 1. The van der Waals surface area contributed by atoms with Crippen LogP contribution in [0, 0.1) is 5.92 Å². The summed E-state index contributed by atoms with van der Waals surface area (Å²) in [5.74, 6) is -0.981. The molecular weight excluding hydrogens is 472 g/mol. The summed E-state index contributed by atoms with van der Waals surface area (Å²) in [4.78, 5) is 24.6. The van der Waals surface area contributed by atoms with E-state index in [4.69, 9.17) is 15.5 Å². The van der Waals surface area contributed by atoms with Gasteiger partial charge in [0.1, 0.15) is 5.76 Å². The molecule has 2 saturated carbocycles. The molecule has 1 aliphatic heterocycles. The highest BCUT2D eigenvalue weighted by molar-refractivity contribution is 7.11. The van der Waals surface area contributed by atoms with Gasteiger partial charge in [0.05, 0.1) is 22.7 Å². The molecule has 0 bridgehead atoms. The lowest BCUT2D eigenvalue weighted by molar-refractivity contribution is -0.125. The minimum Gasteiger partial charge on any atom is -0.487 e. The molecule has 10 heteroatoms. The highest BCUT2D eigenvalue weighted by Crippen LogP contribution is 2.49. The Morgan fingerprint density at radius 3 is 2.74 bits per heavy atom. The first-order chi connectivity index (χ1) is 16.7. The summed E-state index contributed by atoms with van der Waals surface area (Å²) in [6.45, 7) is 6.32. The third-order valence-electron chi connectivity index (χ3n) is 7.21. The molecule has 2 fully saturated rings. The number of aliphatic imine (C=N–C) groups is 1. The normalized spacial score (nSPS) is 25.6. The maximum Gasteiger partial charge on any atom is 0.258 e. The first kappa shape index (κ1) is 26.0. The third-order valence-corrected chi connectivity index (χ3v) is 8.53. The first-order valence-electron chi connectivity index (χ1n) is 12.6. The van der Waals surface area contributed by atoms with Crippen LogP contribution < -0.4 is 11.1 Å². The van der Waals surface area contributed by atoms with E-state index >= 15 is 0 Å². The number of thiazole rings is 1. The number of nitrogens with one attached hydrogen (secondary N) is 1. The van der Waals surface area contributed by atoms with Gasteiger partial charge in [0.15, 0.2) is 6.61 Å². The van der Waals surface area contributed by atoms with Crippen molar-refractivity contribution in [3.8, 4) is 0 Å². The van der Waals surface area contributed by atoms with Gasteiger partial charge in [0.2, 0.25) is 5.92 Å². The molecule has 0 atom stereocenters. The second-order valence-corrected chi connectivity index (χ2v) is 11.4. The molecule has 0 saturated heterocycles. The van der Waals surface area contributed by atoms with Crippen LogP contribution in [0.5, 0.6) is 0 Å². The number of amides is 1. The van der Waals surface area contributed by atoms with Crippen molar-refractivity contribution in [3.05, 3.63) is 27.5 Å². The van der Waals surface area contributed by atoms with Crippen LogP contribution in [0.3, 0.4) is 0 Å². The van der Waals surface area contributed by atoms with Crippen molar-refractivity contribution < 1.29 is 18.3 Å². The van der Waals surface area contributed by atoms with Crippen LogP contribution >= 0.6 is 11.3 Å². The fourth-order valence-electron chi connectivity index (χ4n) is 5.11. The van der Waals surface area contributed by atoms with Gasteiger partial charge in [-0.15, -0.1) is 11.3 Å². The van der Waals surface area contributed by atoms with Gasteiger partial charge >= 0.3 is 0 Å². The summed E-state index contributed by atoms with van der Waals surface area (Å²) in [6, 6.07) is 0.209. The molecule has 3 aliphatic rings. The van der Waals surface area contributed by atoms with Crippen LogP contribution in [0.25, 0.3) is 0 Å². The van der Waals surface area contributed by atoms with Crippen molar-refractivity contribution in [1.82, 2.24) is 15.2 Å². The van der Waals surface area contributed by atoms with Crippen LogP contribution in [-0.2, 0) is 22.5 Å². The molecule has 0 unspecified atom stereocenters. The number of allylic oxidation sites excluding steroid dienone is 1. The van der Waals surface area contributed by atoms with E-state index in [1.54, 1.807) is 25.2 Å². The molecule has 0 spiro atoms. The molecule has 4 rings (SSSR count). The predicted octanol–water partition coefficient (Wildman–Crippen LogP) is 4.33. The molecule has 1 aromatic heterocycles. The Balaban J connectivity index is 1.12. The van der Waals surface area contributed by atoms with Gasteiger partial charge in [-0.05, 0) is 64.8 Å². The number of aromatic nitrogens is 1. The largest absolute Gasteiger partial charge is 0.487 e. The summed E-state index contributed by atoms with van der Waals surface area (Å²) in [7, 11) is 0. The number of amidine groups is 1. The second-order valence-electron chi connectivity index (χ2n) is 10.3. The zero-order valence-electron chi connectivity index (χ0n) is 20.7. The van der Waals surface area contributed by atoms with E-state index in [2.05, 4.69) is 15.2 Å². The van der Waals surface area contributed by atoms with Crippen molar-refractivity contribution in [1.29, 1.82) is 0 Å². The summed E-state index contributed by atoms with van der Waals surface area (Å²) in [5.41, 5.74) is 6.59. The van der Waals surface area contributed by atoms with E-state index < -0.39 is 5.92 Å². The van der Waals surface area contributed by atoms with Crippen LogP contribution in [0.1, 0.15) is 80.3 Å². The van der Waals surface area contributed by atoms with Crippen LogP contribution in [0.15, 0.2) is 17.0 Å². The highest BCUT2D eigenvalue weighted by atomic mass is 32.1. The molecule has 2 aliphatic carbocycles. The molecule has 0 radical (unpaired) electrons. The van der Waals surface area contributed by atoms with Crippen molar-refractivity contribution >= 4 is 23.1 Å². The Morgan fingerprint density at radius 1 is 1.31 bits per heavy atom. The van der Waals surface area contributed by atoms with E-state index in [-0.39, 0.29) is 37.3 Å². The number of hydrogen-bond acceptors (Lipinski definition) is 6. The molecule has 7 nitrogen and oxygen atoms in total. The molecule has 0 aromatic carbocycles. The molecular formula is C25H37F2N5O2S. The van der Waals surface area contributed by atoms with Gasteiger partial charge < -0.3 is 15.8 Å². The lowest BCUT2D eigenvalue weighted by atomic mass is 9.82. The smallest absolute Gasteiger partial charge is 0.258 e. The first-order valence-corrected chi connectivity index (χ1v) is 13.5. The van der Waals surface area contributed by atoms with E-state index in [1.807, 2.05) is 0 Å². The fourth-order valence-corrected chi connectivity index (χ4v) is 6.28. The predicted molar refractivity (Wildman–Crippen MR) is 134 cm³/mol. The maximum absolute atomic E-state index is 13.2. The van der Waals surface area contributed by atoms with E-state index in [1.165, 1.54) is 11.1 Å². The van der Waals surface area contributed by atoms with E-state index in [0.29, 0.717) is 17.5 Å². The number of carbonyl (C=O) groups is 1. The summed E-state index contributed by atoms with van der Waals surface area (Å²) >= 11 is 1.65. The standard InChI is InChI=1S/C25H37F2N5O2S/c1-16(13-29-17(2)28)34-15-23(33)30-20-5-3-18(4-6-20)7-9-32-10-8-22-21(14-32)31-24(35-22)19-11-25(26,27)12-19/h13,18-20H,3-12,14-15H2,1-2H3,(H2,28,29)(H,30,33)/b16-13+. The SMILES string of the molecule is CC(N)=N/C=C(\C)OCC(=O)NC1CCC(CCN2CCc3sc(C4CC(F)(F)C4)nc3C2)CC1.